The third kappa shape index (κ3) is 4.46. The predicted molar refractivity (Wildman–Crippen MR) is 114 cm³/mol. The molecule has 4 rings (SSSR count). The summed E-state index contributed by atoms with van der Waals surface area (Å²) in [6.07, 6.45) is -0.792. The Morgan fingerprint density at radius 2 is 1.56 bits per heavy atom. The average Bonchev–Trinajstić information content (AvgIpc) is 3.11. The number of nitrogens with one attached hydrogen (secondary N) is 1. The van der Waals surface area contributed by atoms with Crippen LogP contribution in [0.25, 0.3) is 11.1 Å². The normalized spacial score (nSPS) is 13.2. The van der Waals surface area contributed by atoms with E-state index in [1.807, 2.05) is 48.5 Å². The van der Waals surface area contributed by atoms with E-state index in [2.05, 4.69) is 5.32 Å². The van der Waals surface area contributed by atoms with Crippen LogP contribution in [0.2, 0.25) is 0 Å². The third-order valence-electron chi connectivity index (χ3n) is 5.65. The van der Waals surface area contributed by atoms with Gasteiger partial charge in [0, 0.05) is 12.5 Å². The second kappa shape index (κ2) is 9.18. The molecule has 0 fully saturated rings. The van der Waals surface area contributed by atoms with Crippen LogP contribution in [0, 0.1) is 17.6 Å². The van der Waals surface area contributed by atoms with Crippen molar-refractivity contribution in [2.45, 2.75) is 12.3 Å². The predicted octanol–water partition coefficient (Wildman–Crippen LogP) is 4.75. The van der Waals surface area contributed by atoms with Gasteiger partial charge in [-0.05, 0) is 46.4 Å². The minimum absolute atomic E-state index is 0.0593. The number of benzene rings is 3. The molecule has 3 aromatic carbocycles. The molecule has 0 saturated heterocycles. The molecule has 0 aromatic heterocycles. The molecular weight excluding hydrogens is 416 g/mol. The summed E-state index contributed by atoms with van der Waals surface area (Å²) in [6, 6.07) is 19.1. The monoisotopic (exact) mass is 437 g/mol. The molecule has 1 amide bonds. The molecule has 0 bridgehead atoms. The summed E-state index contributed by atoms with van der Waals surface area (Å²) in [4.78, 5) is 23.8. The molecule has 7 heteroatoms. The fourth-order valence-corrected chi connectivity index (χ4v) is 4.05. The van der Waals surface area contributed by atoms with E-state index in [1.165, 1.54) is 6.07 Å². The van der Waals surface area contributed by atoms with E-state index in [0.29, 0.717) is 5.56 Å². The van der Waals surface area contributed by atoms with Gasteiger partial charge in [0.2, 0.25) is 0 Å². The Morgan fingerprint density at radius 1 is 0.938 bits per heavy atom. The first-order valence-electron chi connectivity index (χ1n) is 10.2. The Bertz CT molecular complexity index is 1120. The lowest BCUT2D eigenvalue weighted by Crippen LogP contribution is -2.35. The number of carbonyl (C=O) groups is 2. The van der Waals surface area contributed by atoms with Crippen LogP contribution in [0.5, 0.6) is 0 Å². The van der Waals surface area contributed by atoms with Crippen molar-refractivity contribution in [3.05, 3.63) is 95.1 Å². The van der Waals surface area contributed by atoms with Gasteiger partial charge >= 0.3 is 12.1 Å². The molecule has 3 aromatic rings. The highest BCUT2D eigenvalue weighted by Crippen LogP contribution is 2.44. The van der Waals surface area contributed by atoms with Crippen molar-refractivity contribution >= 4 is 12.1 Å². The minimum atomic E-state index is -1.16. The summed E-state index contributed by atoms with van der Waals surface area (Å²) in [6.45, 7) is -0.0915. The van der Waals surface area contributed by atoms with Gasteiger partial charge in [-0.3, -0.25) is 4.79 Å². The van der Waals surface area contributed by atoms with Crippen molar-refractivity contribution in [2.24, 2.45) is 5.92 Å². The maximum Gasteiger partial charge on any atom is 0.407 e. The number of amides is 1. The zero-order chi connectivity index (χ0) is 22.7. The lowest BCUT2D eigenvalue weighted by atomic mass is 9.98. The standard InChI is InChI=1S/C25H21F2NO4/c26-22-10-9-15(12-23(22)27)11-16(24(29)30)13-28-25(31)32-14-21-19-7-3-1-5-17(19)18-6-2-4-8-20(18)21/h1-10,12,16,21H,11,13-14H2,(H,28,31)(H,29,30). The average molecular weight is 437 g/mol. The highest BCUT2D eigenvalue weighted by Gasteiger charge is 2.29. The Labute approximate surface area is 183 Å². The van der Waals surface area contributed by atoms with Crippen molar-refractivity contribution < 1.29 is 28.2 Å². The van der Waals surface area contributed by atoms with Gasteiger partial charge in [0.25, 0.3) is 0 Å². The zero-order valence-corrected chi connectivity index (χ0v) is 17.1. The lowest BCUT2D eigenvalue weighted by Gasteiger charge is -2.16. The number of alkyl carbamates (subject to hydrolysis) is 1. The van der Waals surface area contributed by atoms with Crippen LogP contribution in [0.1, 0.15) is 22.6 Å². The number of fused-ring (bicyclic) bond motifs is 3. The molecule has 1 unspecified atom stereocenters. The maximum atomic E-state index is 13.4. The number of halogens is 2. The van der Waals surface area contributed by atoms with E-state index in [4.69, 9.17) is 4.74 Å². The van der Waals surface area contributed by atoms with Gasteiger partial charge in [0.15, 0.2) is 11.6 Å². The number of hydrogen-bond donors (Lipinski definition) is 2. The molecule has 164 valence electrons. The van der Waals surface area contributed by atoms with Crippen molar-refractivity contribution in [3.8, 4) is 11.1 Å². The van der Waals surface area contributed by atoms with E-state index < -0.39 is 29.6 Å². The van der Waals surface area contributed by atoms with Crippen LogP contribution >= 0.6 is 0 Å². The second-order valence-electron chi connectivity index (χ2n) is 7.69. The van der Waals surface area contributed by atoms with Gasteiger partial charge in [0.1, 0.15) is 6.61 Å². The molecule has 0 saturated carbocycles. The van der Waals surface area contributed by atoms with Crippen molar-refractivity contribution in [2.75, 3.05) is 13.2 Å². The summed E-state index contributed by atoms with van der Waals surface area (Å²) >= 11 is 0. The summed E-state index contributed by atoms with van der Waals surface area (Å²) in [5, 5.41) is 11.9. The lowest BCUT2D eigenvalue weighted by molar-refractivity contribution is -0.141. The number of rotatable bonds is 7. The molecule has 0 spiro atoms. The van der Waals surface area contributed by atoms with Crippen molar-refractivity contribution in [1.29, 1.82) is 0 Å². The number of carbonyl (C=O) groups excluding carboxylic acids is 1. The molecule has 0 heterocycles. The number of carboxylic acids is 1. The summed E-state index contributed by atoms with van der Waals surface area (Å²) in [5.41, 5.74) is 4.68. The Hall–Kier alpha value is -3.74. The zero-order valence-electron chi connectivity index (χ0n) is 17.1. The molecule has 1 aliphatic carbocycles. The second-order valence-corrected chi connectivity index (χ2v) is 7.69. The smallest absolute Gasteiger partial charge is 0.407 e. The first-order chi connectivity index (χ1) is 15.4. The topological polar surface area (TPSA) is 75.6 Å². The van der Waals surface area contributed by atoms with Crippen molar-refractivity contribution in [1.82, 2.24) is 5.32 Å². The van der Waals surface area contributed by atoms with E-state index >= 15 is 0 Å². The highest BCUT2D eigenvalue weighted by atomic mass is 19.2. The molecule has 2 N–H and O–H groups in total. The van der Waals surface area contributed by atoms with Crippen LogP contribution in [-0.2, 0) is 16.0 Å². The van der Waals surface area contributed by atoms with Crippen LogP contribution in [0.15, 0.2) is 66.7 Å². The Kier molecular flexibility index (Phi) is 6.16. The Balaban J connectivity index is 1.36. The van der Waals surface area contributed by atoms with Crippen LogP contribution in [0.3, 0.4) is 0 Å². The number of aliphatic carboxylic acids is 1. The van der Waals surface area contributed by atoms with Crippen LogP contribution in [-0.4, -0.2) is 30.3 Å². The fraction of sp³-hybridized carbons (Fsp3) is 0.200. The van der Waals surface area contributed by atoms with E-state index in [1.54, 1.807) is 0 Å². The first-order valence-corrected chi connectivity index (χ1v) is 10.2. The summed E-state index contributed by atoms with van der Waals surface area (Å²) in [7, 11) is 0. The van der Waals surface area contributed by atoms with Crippen molar-refractivity contribution in [3.63, 3.8) is 0 Å². The number of carboxylic acid groups (broad SMARTS) is 1. The fourth-order valence-electron chi connectivity index (χ4n) is 4.05. The third-order valence-corrected chi connectivity index (χ3v) is 5.65. The molecule has 0 radical (unpaired) electrons. The van der Waals surface area contributed by atoms with Gasteiger partial charge in [0.05, 0.1) is 5.92 Å². The maximum absolute atomic E-state index is 13.4. The quantitative estimate of drug-likeness (QED) is 0.560. The van der Waals surface area contributed by atoms with Crippen LogP contribution < -0.4 is 5.32 Å². The molecular formula is C25H21F2NO4. The largest absolute Gasteiger partial charge is 0.481 e. The number of ether oxygens (including phenoxy) is 1. The molecule has 32 heavy (non-hydrogen) atoms. The Morgan fingerprint density at radius 3 is 2.16 bits per heavy atom. The van der Waals surface area contributed by atoms with Gasteiger partial charge < -0.3 is 15.2 Å². The summed E-state index contributed by atoms with van der Waals surface area (Å²) in [5.74, 6) is -4.33. The highest BCUT2D eigenvalue weighted by molar-refractivity contribution is 5.79. The molecule has 1 atom stereocenters. The van der Waals surface area contributed by atoms with Crippen LogP contribution in [0.4, 0.5) is 13.6 Å². The van der Waals surface area contributed by atoms with E-state index in [9.17, 15) is 23.5 Å². The molecule has 1 aliphatic rings. The summed E-state index contributed by atoms with van der Waals surface area (Å²) < 4.78 is 31.9. The van der Waals surface area contributed by atoms with Gasteiger partial charge in [-0.25, -0.2) is 13.6 Å². The van der Waals surface area contributed by atoms with Gasteiger partial charge in [-0.2, -0.15) is 0 Å². The van der Waals surface area contributed by atoms with E-state index in [0.717, 1.165) is 34.4 Å². The first kappa shape index (κ1) is 21.5. The van der Waals surface area contributed by atoms with Gasteiger partial charge in [-0.15, -0.1) is 0 Å². The molecule has 5 nitrogen and oxygen atoms in total. The SMILES string of the molecule is O=C(NCC(Cc1ccc(F)c(F)c1)C(=O)O)OCC1c2ccccc2-c2ccccc21. The van der Waals surface area contributed by atoms with E-state index in [-0.39, 0.29) is 25.5 Å². The molecule has 0 aliphatic heterocycles. The number of hydrogen-bond acceptors (Lipinski definition) is 3. The van der Waals surface area contributed by atoms with Gasteiger partial charge in [-0.1, -0.05) is 54.6 Å². The minimum Gasteiger partial charge on any atom is -0.481 e.